The van der Waals surface area contributed by atoms with E-state index < -0.39 is 0 Å². The zero-order valence-electron chi connectivity index (χ0n) is 7.05. The van der Waals surface area contributed by atoms with E-state index in [1.54, 1.807) is 0 Å². The molecular formula is C9H15BrO. The molecule has 0 radical (unpaired) electrons. The second-order valence-electron chi connectivity index (χ2n) is 2.51. The molecular weight excluding hydrogens is 204 g/mol. The Morgan fingerprint density at radius 1 is 1.64 bits per heavy atom. The lowest BCUT2D eigenvalue weighted by molar-refractivity contribution is 0.260. The molecule has 0 aliphatic heterocycles. The van der Waals surface area contributed by atoms with Gasteiger partial charge in [0.15, 0.2) is 0 Å². The topological polar surface area (TPSA) is 20.2 Å². The normalized spacial score (nSPS) is 15.8. The molecule has 0 aromatic rings. The highest BCUT2D eigenvalue weighted by atomic mass is 79.9. The molecule has 0 saturated carbocycles. The molecule has 1 N–H and O–H groups in total. The number of rotatable bonds is 4. The van der Waals surface area contributed by atoms with Crippen LogP contribution in [-0.4, -0.2) is 10.1 Å². The van der Waals surface area contributed by atoms with Crippen LogP contribution in [0.2, 0.25) is 0 Å². The summed E-state index contributed by atoms with van der Waals surface area (Å²) in [5.41, 5.74) is 1.29. The molecule has 0 amide bonds. The van der Waals surface area contributed by atoms with Crippen molar-refractivity contribution in [2.75, 3.05) is 0 Å². The van der Waals surface area contributed by atoms with Crippen molar-refractivity contribution in [3.8, 4) is 0 Å². The van der Waals surface area contributed by atoms with Gasteiger partial charge in [0.05, 0.1) is 0 Å². The lowest BCUT2D eigenvalue weighted by Gasteiger charge is -2.01. The molecule has 0 fully saturated rings. The van der Waals surface area contributed by atoms with Crippen LogP contribution in [0.15, 0.2) is 23.8 Å². The highest BCUT2D eigenvalue weighted by molar-refractivity contribution is 9.09. The Hall–Kier alpha value is -0.0800. The Morgan fingerprint density at radius 2 is 2.27 bits per heavy atom. The largest absolute Gasteiger partial charge is 0.382 e. The Labute approximate surface area is 76.9 Å². The first kappa shape index (κ1) is 10.9. The third kappa shape index (κ3) is 7.82. The van der Waals surface area contributed by atoms with Gasteiger partial charge < -0.3 is 5.11 Å². The average Bonchev–Trinajstić information content (AvgIpc) is 1.97. The molecule has 0 aliphatic carbocycles. The fourth-order valence-electron chi connectivity index (χ4n) is 0.691. The molecule has 0 rings (SSSR count). The van der Waals surface area contributed by atoms with E-state index in [9.17, 15) is 0 Å². The van der Waals surface area contributed by atoms with E-state index in [0.717, 1.165) is 12.8 Å². The Kier molecular flexibility index (Phi) is 6.57. The Morgan fingerprint density at radius 3 is 2.73 bits per heavy atom. The molecule has 0 heterocycles. The summed E-state index contributed by atoms with van der Waals surface area (Å²) in [6.45, 7) is 4.05. The van der Waals surface area contributed by atoms with Crippen LogP contribution >= 0.6 is 15.9 Å². The van der Waals surface area contributed by atoms with Gasteiger partial charge in [0.2, 0.25) is 0 Å². The first-order valence-electron chi connectivity index (χ1n) is 3.77. The van der Waals surface area contributed by atoms with E-state index in [1.807, 2.05) is 19.1 Å². The molecule has 0 aliphatic rings. The Bertz CT molecular complexity index is 148. The second kappa shape index (κ2) is 6.62. The van der Waals surface area contributed by atoms with Crippen molar-refractivity contribution in [3.05, 3.63) is 23.8 Å². The highest BCUT2D eigenvalue weighted by Gasteiger charge is 1.96. The zero-order valence-corrected chi connectivity index (χ0v) is 8.63. The van der Waals surface area contributed by atoms with Gasteiger partial charge in [-0.15, -0.1) is 0 Å². The minimum atomic E-state index is -0.364. The highest BCUT2D eigenvalue weighted by Crippen LogP contribution is 2.10. The van der Waals surface area contributed by atoms with Crippen molar-refractivity contribution >= 4 is 15.9 Å². The molecule has 0 saturated heterocycles. The van der Waals surface area contributed by atoms with Crippen molar-refractivity contribution in [2.45, 2.75) is 31.7 Å². The fourth-order valence-corrected chi connectivity index (χ4v) is 0.920. The second-order valence-corrected chi connectivity index (χ2v) is 3.57. The number of hydrogen-bond donors (Lipinski definition) is 1. The van der Waals surface area contributed by atoms with E-state index in [1.165, 1.54) is 5.57 Å². The van der Waals surface area contributed by atoms with Crippen molar-refractivity contribution in [2.24, 2.45) is 0 Å². The number of halogens is 1. The molecule has 11 heavy (non-hydrogen) atoms. The van der Waals surface area contributed by atoms with Gasteiger partial charge in [-0.2, -0.15) is 0 Å². The van der Waals surface area contributed by atoms with E-state index >= 15 is 0 Å². The van der Waals surface area contributed by atoms with Crippen LogP contribution in [0.1, 0.15) is 26.7 Å². The van der Waals surface area contributed by atoms with Crippen LogP contribution < -0.4 is 0 Å². The SMILES string of the molecule is C/C=C\C=C(/C)CCC(O)Br. The van der Waals surface area contributed by atoms with Gasteiger partial charge in [0, 0.05) is 0 Å². The van der Waals surface area contributed by atoms with Crippen molar-refractivity contribution in [3.63, 3.8) is 0 Å². The predicted octanol–water partition coefficient (Wildman–Crippen LogP) is 3.00. The molecule has 64 valence electrons. The van der Waals surface area contributed by atoms with Crippen LogP contribution in [0.4, 0.5) is 0 Å². The van der Waals surface area contributed by atoms with Gasteiger partial charge in [-0.25, -0.2) is 0 Å². The third-order valence-electron chi connectivity index (χ3n) is 1.35. The quantitative estimate of drug-likeness (QED) is 0.569. The summed E-state index contributed by atoms with van der Waals surface area (Å²) in [5.74, 6) is 0. The number of aliphatic hydroxyl groups is 1. The summed E-state index contributed by atoms with van der Waals surface area (Å²) < 4.78 is 0. The molecule has 1 unspecified atom stereocenters. The van der Waals surface area contributed by atoms with E-state index in [2.05, 4.69) is 28.9 Å². The molecule has 2 heteroatoms. The lowest BCUT2D eigenvalue weighted by Crippen LogP contribution is -1.93. The molecule has 0 aromatic carbocycles. The monoisotopic (exact) mass is 218 g/mol. The molecule has 0 aromatic heterocycles. The van der Waals surface area contributed by atoms with Crippen LogP contribution in [0.25, 0.3) is 0 Å². The fraction of sp³-hybridized carbons (Fsp3) is 0.556. The number of hydrogen-bond acceptors (Lipinski definition) is 1. The van der Waals surface area contributed by atoms with Crippen LogP contribution in [0.3, 0.4) is 0 Å². The summed E-state index contributed by atoms with van der Waals surface area (Å²) >= 11 is 3.08. The summed E-state index contributed by atoms with van der Waals surface area (Å²) in [7, 11) is 0. The van der Waals surface area contributed by atoms with Crippen molar-refractivity contribution in [1.82, 2.24) is 0 Å². The minimum absolute atomic E-state index is 0.364. The van der Waals surface area contributed by atoms with Crippen molar-refractivity contribution < 1.29 is 5.11 Å². The maximum atomic E-state index is 8.90. The number of alkyl halides is 1. The summed E-state index contributed by atoms with van der Waals surface area (Å²) in [4.78, 5) is 0. The minimum Gasteiger partial charge on any atom is -0.382 e. The van der Waals surface area contributed by atoms with Gasteiger partial charge >= 0.3 is 0 Å². The third-order valence-corrected chi connectivity index (χ3v) is 1.81. The number of aliphatic hydroxyl groups excluding tert-OH is 1. The summed E-state index contributed by atoms with van der Waals surface area (Å²) in [6, 6.07) is 0. The molecule has 1 nitrogen and oxygen atoms in total. The van der Waals surface area contributed by atoms with Gasteiger partial charge in [-0.3, -0.25) is 0 Å². The van der Waals surface area contributed by atoms with Crippen LogP contribution in [-0.2, 0) is 0 Å². The summed E-state index contributed by atoms with van der Waals surface area (Å²) in [6.07, 6.45) is 7.79. The van der Waals surface area contributed by atoms with E-state index in [4.69, 9.17) is 5.11 Å². The van der Waals surface area contributed by atoms with Gasteiger partial charge in [0.1, 0.15) is 5.01 Å². The number of allylic oxidation sites excluding steroid dienone is 4. The first-order chi connectivity index (χ1) is 5.16. The lowest BCUT2D eigenvalue weighted by atomic mass is 10.1. The standard InChI is InChI=1S/C9H15BrO/c1-3-4-5-8(2)6-7-9(10)11/h3-5,9,11H,6-7H2,1-2H3/b4-3-,8-5+. The summed E-state index contributed by atoms with van der Waals surface area (Å²) in [5, 5.41) is 8.53. The zero-order chi connectivity index (χ0) is 8.69. The van der Waals surface area contributed by atoms with Crippen LogP contribution in [0.5, 0.6) is 0 Å². The maximum absolute atomic E-state index is 8.90. The van der Waals surface area contributed by atoms with Crippen LogP contribution in [0, 0.1) is 0 Å². The average molecular weight is 219 g/mol. The Balaban J connectivity index is 3.59. The molecule has 1 atom stereocenters. The van der Waals surface area contributed by atoms with Crippen molar-refractivity contribution in [1.29, 1.82) is 0 Å². The van der Waals surface area contributed by atoms with Gasteiger partial charge in [-0.05, 0) is 26.7 Å². The molecule has 0 spiro atoms. The molecule has 0 bridgehead atoms. The van der Waals surface area contributed by atoms with Gasteiger partial charge in [-0.1, -0.05) is 39.7 Å². The predicted molar refractivity (Wildman–Crippen MR) is 52.7 cm³/mol. The smallest absolute Gasteiger partial charge is 0.109 e. The van der Waals surface area contributed by atoms with Gasteiger partial charge in [0.25, 0.3) is 0 Å². The maximum Gasteiger partial charge on any atom is 0.109 e. The van der Waals surface area contributed by atoms with E-state index in [0.29, 0.717) is 0 Å². The first-order valence-corrected chi connectivity index (χ1v) is 4.69. The van der Waals surface area contributed by atoms with E-state index in [-0.39, 0.29) is 5.01 Å².